The second kappa shape index (κ2) is 7.74. The molecule has 0 aliphatic carbocycles. The second-order valence-electron chi connectivity index (χ2n) is 7.84. The van der Waals surface area contributed by atoms with Gasteiger partial charge in [-0.2, -0.15) is 0 Å². The molecule has 1 atom stereocenters. The molecule has 1 fully saturated rings. The molecule has 1 saturated heterocycles. The van der Waals surface area contributed by atoms with Gasteiger partial charge in [0.25, 0.3) is 11.8 Å². The molecule has 2 N–H and O–H groups in total. The highest BCUT2D eigenvalue weighted by Gasteiger charge is 2.39. The van der Waals surface area contributed by atoms with Crippen molar-refractivity contribution in [3.63, 3.8) is 0 Å². The Labute approximate surface area is 174 Å². The third kappa shape index (κ3) is 3.58. The Balaban J connectivity index is 1.47. The number of amides is 4. The van der Waals surface area contributed by atoms with Crippen LogP contribution in [0.4, 0.5) is 0 Å². The van der Waals surface area contributed by atoms with Crippen molar-refractivity contribution in [3.8, 4) is 0 Å². The minimum Gasteiger partial charge on any atom is -0.348 e. The Hall–Kier alpha value is -3.48. The molecular weight excluding hydrogens is 382 g/mol. The van der Waals surface area contributed by atoms with Crippen LogP contribution in [0.2, 0.25) is 0 Å². The number of benzene rings is 2. The van der Waals surface area contributed by atoms with E-state index < -0.39 is 11.9 Å². The van der Waals surface area contributed by atoms with Crippen LogP contribution in [0.3, 0.4) is 0 Å². The molecule has 154 valence electrons. The van der Waals surface area contributed by atoms with Gasteiger partial charge in [-0.05, 0) is 48.6 Å². The number of nitrogens with zero attached hydrogens (tertiary/aromatic N) is 1. The van der Waals surface area contributed by atoms with Gasteiger partial charge in [0.1, 0.15) is 6.04 Å². The van der Waals surface area contributed by atoms with Gasteiger partial charge in [-0.1, -0.05) is 30.3 Å². The van der Waals surface area contributed by atoms with Crippen molar-refractivity contribution in [2.75, 3.05) is 0 Å². The second-order valence-corrected chi connectivity index (χ2v) is 7.84. The number of rotatable bonds is 4. The lowest BCUT2D eigenvalue weighted by molar-refractivity contribution is -0.136. The molecule has 0 saturated carbocycles. The van der Waals surface area contributed by atoms with Gasteiger partial charge in [-0.25, -0.2) is 0 Å². The lowest BCUT2D eigenvalue weighted by atomic mass is 10.0. The molecular formula is C23H23N3O4. The van der Waals surface area contributed by atoms with Crippen LogP contribution < -0.4 is 10.6 Å². The van der Waals surface area contributed by atoms with E-state index in [4.69, 9.17) is 0 Å². The van der Waals surface area contributed by atoms with Crippen molar-refractivity contribution in [3.05, 3.63) is 69.8 Å². The lowest BCUT2D eigenvalue weighted by Gasteiger charge is -2.29. The number of nitrogens with one attached hydrogen (secondary N) is 2. The molecule has 7 heteroatoms. The highest BCUT2D eigenvalue weighted by molar-refractivity contribution is 6.05. The number of carbonyl (C=O) groups excluding carboxylic acids is 4. The Kier molecular flexibility index (Phi) is 5.11. The van der Waals surface area contributed by atoms with Crippen molar-refractivity contribution in [2.24, 2.45) is 0 Å². The molecule has 7 nitrogen and oxygen atoms in total. The summed E-state index contributed by atoms with van der Waals surface area (Å²) in [4.78, 5) is 50.6. The molecule has 0 bridgehead atoms. The summed E-state index contributed by atoms with van der Waals surface area (Å²) in [6.07, 6.45) is 0.565. The predicted octanol–water partition coefficient (Wildman–Crippen LogP) is 1.99. The third-order valence-electron chi connectivity index (χ3n) is 5.75. The summed E-state index contributed by atoms with van der Waals surface area (Å²) in [7, 11) is 0. The smallest absolute Gasteiger partial charge is 0.255 e. The Bertz CT molecular complexity index is 1060. The quantitative estimate of drug-likeness (QED) is 0.761. The van der Waals surface area contributed by atoms with Gasteiger partial charge in [0.2, 0.25) is 11.8 Å². The van der Waals surface area contributed by atoms with Gasteiger partial charge in [0, 0.05) is 30.6 Å². The summed E-state index contributed by atoms with van der Waals surface area (Å²) < 4.78 is 0. The first-order valence-corrected chi connectivity index (χ1v) is 9.96. The highest BCUT2D eigenvalue weighted by Crippen LogP contribution is 2.28. The summed E-state index contributed by atoms with van der Waals surface area (Å²) in [5.41, 5.74) is 4.69. The number of imide groups is 1. The SMILES string of the molecule is Cc1cccc(C)c1C(=O)NCc1ccc2c(c1)C(=O)N(C1CCC(=O)NC1=O)C2. The van der Waals surface area contributed by atoms with E-state index in [1.54, 1.807) is 6.07 Å². The molecule has 2 aromatic rings. The van der Waals surface area contributed by atoms with Gasteiger partial charge < -0.3 is 10.2 Å². The summed E-state index contributed by atoms with van der Waals surface area (Å²) in [6.45, 7) is 4.44. The lowest BCUT2D eigenvalue weighted by Crippen LogP contribution is -2.52. The van der Waals surface area contributed by atoms with E-state index in [2.05, 4.69) is 10.6 Å². The zero-order chi connectivity index (χ0) is 21.4. The molecule has 4 rings (SSSR count). The minimum atomic E-state index is -0.630. The predicted molar refractivity (Wildman–Crippen MR) is 110 cm³/mol. The summed E-state index contributed by atoms with van der Waals surface area (Å²) >= 11 is 0. The van der Waals surface area contributed by atoms with Crippen LogP contribution in [0.25, 0.3) is 0 Å². The Morgan fingerprint density at radius 1 is 1.13 bits per heavy atom. The first kappa shape index (κ1) is 19.8. The van der Waals surface area contributed by atoms with Crippen LogP contribution in [0.1, 0.15) is 55.8 Å². The number of hydrogen-bond acceptors (Lipinski definition) is 4. The molecule has 0 spiro atoms. The van der Waals surface area contributed by atoms with Crippen molar-refractivity contribution in [2.45, 2.75) is 45.8 Å². The fourth-order valence-corrected chi connectivity index (χ4v) is 4.16. The first-order chi connectivity index (χ1) is 14.3. The number of piperidine rings is 1. The fraction of sp³-hybridized carbons (Fsp3) is 0.304. The normalized spacial score (nSPS) is 18.3. The van der Waals surface area contributed by atoms with E-state index in [1.807, 2.05) is 44.2 Å². The molecule has 2 aliphatic heterocycles. The van der Waals surface area contributed by atoms with Gasteiger partial charge in [0.15, 0.2) is 0 Å². The molecule has 0 aromatic heterocycles. The molecule has 1 unspecified atom stereocenters. The van der Waals surface area contributed by atoms with Gasteiger partial charge in [0.05, 0.1) is 0 Å². The maximum Gasteiger partial charge on any atom is 0.255 e. The number of carbonyl (C=O) groups is 4. The van der Waals surface area contributed by atoms with Crippen LogP contribution >= 0.6 is 0 Å². The van der Waals surface area contributed by atoms with E-state index in [-0.39, 0.29) is 24.1 Å². The van der Waals surface area contributed by atoms with Crippen LogP contribution in [-0.2, 0) is 22.7 Å². The van der Waals surface area contributed by atoms with Gasteiger partial charge in [-0.15, -0.1) is 0 Å². The Morgan fingerprint density at radius 2 is 1.87 bits per heavy atom. The van der Waals surface area contributed by atoms with Crippen LogP contribution in [-0.4, -0.2) is 34.6 Å². The minimum absolute atomic E-state index is 0.150. The molecule has 2 aliphatic rings. The Morgan fingerprint density at radius 3 is 2.57 bits per heavy atom. The maximum atomic E-state index is 12.9. The molecule has 4 amide bonds. The van der Waals surface area contributed by atoms with Crippen molar-refractivity contribution in [1.82, 2.24) is 15.5 Å². The van der Waals surface area contributed by atoms with Crippen LogP contribution in [0, 0.1) is 13.8 Å². The van der Waals surface area contributed by atoms with Gasteiger partial charge in [-0.3, -0.25) is 24.5 Å². The van der Waals surface area contributed by atoms with Crippen molar-refractivity contribution in [1.29, 1.82) is 0 Å². The zero-order valence-corrected chi connectivity index (χ0v) is 17.0. The molecule has 2 heterocycles. The number of hydrogen-bond donors (Lipinski definition) is 2. The van der Waals surface area contributed by atoms with Crippen LogP contribution in [0.5, 0.6) is 0 Å². The number of fused-ring (bicyclic) bond motifs is 1. The first-order valence-electron chi connectivity index (χ1n) is 9.96. The average molecular weight is 405 g/mol. The largest absolute Gasteiger partial charge is 0.348 e. The average Bonchev–Trinajstić information content (AvgIpc) is 3.02. The molecule has 30 heavy (non-hydrogen) atoms. The summed E-state index contributed by atoms with van der Waals surface area (Å²) in [5, 5.41) is 5.23. The third-order valence-corrected chi connectivity index (χ3v) is 5.75. The highest BCUT2D eigenvalue weighted by atomic mass is 16.2. The molecule has 2 aromatic carbocycles. The summed E-state index contributed by atoms with van der Waals surface area (Å²) in [6, 6.07) is 10.6. The van der Waals surface area contributed by atoms with E-state index in [0.717, 1.165) is 22.3 Å². The van der Waals surface area contributed by atoms with E-state index in [0.29, 0.717) is 30.6 Å². The summed E-state index contributed by atoms with van der Waals surface area (Å²) in [5.74, 6) is -1.10. The van der Waals surface area contributed by atoms with E-state index in [1.165, 1.54) is 4.90 Å². The van der Waals surface area contributed by atoms with E-state index >= 15 is 0 Å². The maximum absolute atomic E-state index is 12.9. The van der Waals surface area contributed by atoms with Crippen LogP contribution in [0.15, 0.2) is 36.4 Å². The zero-order valence-electron chi connectivity index (χ0n) is 17.0. The topological polar surface area (TPSA) is 95.6 Å². The standard InChI is InChI=1S/C23H23N3O4/c1-13-4-3-5-14(2)20(13)22(29)24-11-15-6-7-16-12-26(23(30)17(16)10-15)18-8-9-19(27)25-21(18)28/h3-7,10,18H,8-9,11-12H2,1-2H3,(H,24,29)(H,25,27,28). The van der Waals surface area contributed by atoms with E-state index in [9.17, 15) is 19.2 Å². The molecule has 0 radical (unpaired) electrons. The van der Waals surface area contributed by atoms with Crippen molar-refractivity contribution < 1.29 is 19.2 Å². The number of aryl methyl sites for hydroxylation is 2. The van der Waals surface area contributed by atoms with Crippen molar-refractivity contribution >= 4 is 23.6 Å². The fourth-order valence-electron chi connectivity index (χ4n) is 4.16. The monoisotopic (exact) mass is 405 g/mol. The van der Waals surface area contributed by atoms with Gasteiger partial charge >= 0.3 is 0 Å².